The van der Waals surface area contributed by atoms with Crippen LogP contribution < -0.4 is 5.73 Å². The molecule has 0 aliphatic rings. The van der Waals surface area contributed by atoms with Gasteiger partial charge in [0.25, 0.3) is 0 Å². The number of carbonyl (C=O) groups excluding carboxylic acids is 1. The normalized spacial score (nSPS) is 12.3. The van der Waals surface area contributed by atoms with Gasteiger partial charge in [-0.3, -0.25) is 4.79 Å². The van der Waals surface area contributed by atoms with Crippen molar-refractivity contribution in [1.29, 1.82) is 0 Å². The van der Waals surface area contributed by atoms with Crippen LogP contribution in [0.5, 0.6) is 0 Å². The monoisotopic (exact) mass is 260 g/mol. The van der Waals surface area contributed by atoms with E-state index in [1.165, 1.54) is 16.9 Å². The summed E-state index contributed by atoms with van der Waals surface area (Å²) in [4.78, 5) is 16.1. The molecule has 2 N–H and O–H groups in total. The predicted molar refractivity (Wildman–Crippen MR) is 75.1 cm³/mol. The SMILES string of the molecule is CCC(C)c1ccc(C(=O)c2csc(N)n2)cc1. The molecule has 2 rings (SSSR count). The highest BCUT2D eigenvalue weighted by atomic mass is 32.1. The zero-order chi connectivity index (χ0) is 13.1. The summed E-state index contributed by atoms with van der Waals surface area (Å²) in [5.41, 5.74) is 7.87. The van der Waals surface area contributed by atoms with Gasteiger partial charge in [-0.1, -0.05) is 38.1 Å². The van der Waals surface area contributed by atoms with Crippen LogP contribution in [0, 0.1) is 0 Å². The lowest BCUT2D eigenvalue weighted by atomic mass is 9.96. The van der Waals surface area contributed by atoms with Crippen LogP contribution >= 0.6 is 11.3 Å². The zero-order valence-corrected chi connectivity index (χ0v) is 11.3. The zero-order valence-electron chi connectivity index (χ0n) is 10.5. The van der Waals surface area contributed by atoms with Gasteiger partial charge in [0.15, 0.2) is 5.13 Å². The minimum Gasteiger partial charge on any atom is -0.375 e. The lowest BCUT2D eigenvalue weighted by molar-refractivity contribution is 0.103. The highest BCUT2D eigenvalue weighted by molar-refractivity contribution is 7.13. The molecule has 0 radical (unpaired) electrons. The fourth-order valence-electron chi connectivity index (χ4n) is 1.74. The van der Waals surface area contributed by atoms with Crippen LogP contribution in [0.4, 0.5) is 5.13 Å². The molecule has 3 nitrogen and oxygen atoms in total. The number of nitrogens with zero attached hydrogens (tertiary/aromatic N) is 1. The number of thiazole rings is 1. The van der Waals surface area contributed by atoms with Crippen molar-refractivity contribution in [3.63, 3.8) is 0 Å². The largest absolute Gasteiger partial charge is 0.375 e. The first-order valence-corrected chi connectivity index (χ1v) is 6.85. The number of ketones is 1. The summed E-state index contributed by atoms with van der Waals surface area (Å²) in [5, 5.41) is 2.12. The number of carbonyl (C=O) groups is 1. The third kappa shape index (κ3) is 2.59. The van der Waals surface area contributed by atoms with E-state index in [9.17, 15) is 4.79 Å². The summed E-state index contributed by atoms with van der Waals surface area (Å²) < 4.78 is 0. The number of nitrogens with two attached hydrogens (primary N) is 1. The van der Waals surface area contributed by atoms with Gasteiger partial charge < -0.3 is 5.73 Å². The molecule has 0 amide bonds. The highest BCUT2D eigenvalue weighted by Gasteiger charge is 2.12. The lowest BCUT2D eigenvalue weighted by Crippen LogP contribution is -2.02. The molecule has 4 heteroatoms. The van der Waals surface area contributed by atoms with E-state index < -0.39 is 0 Å². The van der Waals surface area contributed by atoms with Crippen molar-refractivity contribution in [2.45, 2.75) is 26.2 Å². The number of benzene rings is 1. The summed E-state index contributed by atoms with van der Waals surface area (Å²) in [6.45, 7) is 4.33. The van der Waals surface area contributed by atoms with Crippen molar-refractivity contribution in [3.05, 3.63) is 46.5 Å². The molecular weight excluding hydrogens is 244 g/mol. The van der Waals surface area contributed by atoms with Crippen molar-refractivity contribution in [2.24, 2.45) is 0 Å². The Morgan fingerprint density at radius 3 is 2.56 bits per heavy atom. The minimum absolute atomic E-state index is 0.0707. The molecule has 94 valence electrons. The molecule has 0 saturated carbocycles. The van der Waals surface area contributed by atoms with Gasteiger partial charge in [0.05, 0.1) is 0 Å². The standard InChI is InChI=1S/C14H16N2OS/c1-3-9(2)10-4-6-11(7-5-10)13(17)12-8-18-14(15)16-12/h4-9H,3H2,1-2H3,(H2,15,16). The van der Waals surface area contributed by atoms with Crippen molar-refractivity contribution >= 4 is 22.3 Å². The van der Waals surface area contributed by atoms with Crippen LogP contribution in [0.3, 0.4) is 0 Å². The van der Waals surface area contributed by atoms with Crippen LogP contribution in [0.2, 0.25) is 0 Å². The first-order valence-electron chi connectivity index (χ1n) is 5.97. The number of rotatable bonds is 4. The molecule has 1 atom stereocenters. The Hall–Kier alpha value is -1.68. The summed E-state index contributed by atoms with van der Waals surface area (Å²) >= 11 is 1.28. The molecule has 1 heterocycles. The number of nitrogen functional groups attached to an aromatic ring is 1. The summed E-state index contributed by atoms with van der Waals surface area (Å²) in [6.07, 6.45) is 1.09. The first kappa shape index (κ1) is 12.8. The van der Waals surface area contributed by atoms with Crippen molar-refractivity contribution in [1.82, 2.24) is 4.98 Å². The van der Waals surface area contributed by atoms with Crippen molar-refractivity contribution in [2.75, 3.05) is 5.73 Å². The fraction of sp³-hybridized carbons (Fsp3) is 0.286. The maximum Gasteiger partial charge on any atom is 0.212 e. The van der Waals surface area contributed by atoms with Gasteiger partial charge in [0.2, 0.25) is 5.78 Å². The van der Waals surface area contributed by atoms with Crippen molar-refractivity contribution < 1.29 is 4.79 Å². The Morgan fingerprint density at radius 2 is 2.06 bits per heavy atom. The second kappa shape index (κ2) is 5.31. The topological polar surface area (TPSA) is 56.0 Å². The van der Waals surface area contributed by atoms with E-state index in [1.807, 2.05) is 24.3 Å². The van der Waals surface area contributed by atoms with Gasteiger partial charge in [-0.15, -0.1) is 11.3 Å². The number of hydrogen-bond acceptors (Lipinski definition) is 4. The Balaban J connectivity index is 2.22. The second-order valence-electron chi connectivity index (χ2n) is 4.33. The van der Waals surface area contributed by atoms with Crippen LogP contribution in [0.1, 0.15) is 47.8 Å². The molecule has 18 heavy (non-hydrogen) atoms. The van der Waals surface area contributed by atoms with Gasteiger partial charge in [-0.05, 0) is 17.9 Å². The first-order chi connectivity index (χ1) is 8.61. The molecule has 1 aromatic carbocycles. The van der Waals surface area contributed by atoms with E-state index in [-0.39, 0.29) is 5.78 Å². The van der Waals surface area contributed by atoms with Gasteiger partial charge in [-0.25, -0.2) is 4.98 Å². The molecule has 0 aliphatic carbocycles. The van der Waals surface area contributed by atoms with E-state index in [2.05, 4.69) is 18.8 Å². The Morgan fingerprint density at radius 1 is 1.39 bits per heavy atom. The lowest BCUT2D eigenvalue weighted by Gasteiger charge is -2.08. The summed E-state index contributed by atoms with van der Waals surface area (Å²) in [6, 6.07) is 7.74. The smallest absolute Gasteiger partial charge is 0.212 e. The van der Waals surface area contributed by atoms with Crippen LogP contribution in [-0.4, -0.2) is 10.8 Å². The maximum atomic E-state index is 12.1. The maximum absolute atomic E-state index is 12.1. The van der Waals surface area contributed by atoms with Crippen molar-refractivity contribution in [3.8, 4) is 0 Å². The molecule has 0 spiro atoms. The molecule has 0 saturated heterocycles. The average molecular weight is 260 g/mol. The van der Waals surface area contributed by atoms with Gasteiger partial charge in [0.1, 0.15) is 5.69 Å². The van der Waals surface area contributed by atoms with Gasteiger partial charge in [-0.2, -0.15) is 0 Å². The van der Waals surface area contributed by atoms with E-state index in [0.717, 1.165) is 6.42 Å². The summed E-state index contributed by atoms with van der Waals surface area (Å²) in [7, 11) is 0. The van der Waals surface area contributed by atoms with Crippen LogP contribution in [0.25, 0.3) is 0 Å². The number of anilines is 1. The third-order valence-corrected chi connectivity index (χ3v) is 3.78. The van der Waals surface area contributed by atoms with Crippen LogP contribution in [0.15, 0.2) is 29.6 Å². The second-order valence-corrected chi connectivity index (χ2v) is 5.22. The van der Waals surface area contributed by atoms with Crippen LogP contribution in [-0.2, 0) is 0 Å². The molecule has 1 unspecified atom stereocenters. The number of hydrogen-bond donors (Lipinski definition) is 1. The Labute approximate surface area is 111 Å². The molecule has 0 aliphatic heterocycles. The molecule has 0 bridgehead atoms. The van der Waals surface area contributed by atoms with E-state index in [1.54, 1.807) is 5.38 Å². The van der Waals surface area contributed by atoms with Gasteiger partial charge in [0, 0.05) is 10.9 Å². The quantitative estimate of drug-likeness (QED) is 0.856. The minimum atomic E-state index is -0.0707. The molecule has 1 aromatic heterocycles. The molecular formula is C14H16N2OS. The molecule has 0 fully saturated rings. The summed E-state index contributed by atoms with van der Waals surface area (Å²) in [5.74, 6) is 0.447. The van der Waals surface area contributed by atoms with E-state index in [0.29, 0.717) is 22.3 Å². The molecule has 2 aromatic rings. The van der Waals surface area contributed by atoms with E-state index in [4.69, 9.17) is 5.73 Å². The third-order valence-electron chi connectivity index (χ3n) is 3.11. The fourth-order valence-corrected chi connectivity index (χ4v) is 2.28. The predicted octanol–water partition coefficient (Wildman–Crippen LogP) is 3.47. The van der Waals surface area contributed by atoms with Gasteiger partial charge >= 0.3 is 0 Å². The highest BCUT2D eigenvalue weighted by Crippen LogP contribution is 2.20. The average Bonchev–Trinajstić information content (AvgIpc) is 2.84. The Kier molecular flexibility index (Phi) is 3.77. The Bertz CT molecular complexity index is 545. The number of aromatic nitrogens is 1. The van der Waals surface area contributed by atoms with E-state index >= 15 is 0 Å².